The Hall–Kier alpha value is -1.84. The average Bonchev–Trinajstić information content (AvgIpc) is 3.14. The molecule has 9 heteroatoms. The highest BCUT2D eigenvalue weighted by Crippen LogP contribution is 2.35. The van der Waals surface area contributed by atoms with Crippen molar-refractivity contribution in [3.63, 3.8) is 0 Å². The van der Waals surface area contributed by atoms with Crippen LogP contribution in [0.1, 0.15) is 17.6 Å². The first kappa shape index (κ1) is 17.0. The van der Waals surface area contributed by atoms with E-state index in [1.807, 2.05) is 0 Å². The lowest BCUT2D eigenvalue weighted by atomic mass is 9.97. The lowest BCUT2D eigenvalue weighted by Gasteiger charge is -2.16. The minimum atomic E-state index is -3.80. The SMILES string of the molecule is COC[C@@H]1CN(S(=O)(=O)c2cccc(F)c2)C[C@H]1c1nc(C)no1. The van der Waals surface area contributed by atoms with E-state index in [-0.39, 0.29) is 29.8 Å². The van der Waals surface area contributed by atoms with E-state index in [0.29, 0.717) is 18.3 Å². The van der Waals surface area contributed by atoms with Crippen molar-refractivity contribution in [2.24, 2.45) is 5.92 Å². The molecule has 0 radical (unpaired) electrons. The summed E-state index contributed by atoms with van der Waals surface area (Å²) < 4.78 is 50.7. The third kappa shape index (κ3) is 3.19. The largest absolute Gasteiger partial charge is 0.384 e. The van der Waals surface area contributed by atoms with Crippen LogP contribution in [-0.4, -0.2) is 49.7 Å². The Morgan fingerprint density at radius 3 is 2.83 bits per heavy atom. The number of nitrogens with zero attached hydrogens (tertiary/aromatic N) is 3. The molecule has 3 rings (SSSR count). The summed E-state index contributed by atoms with van der Waals surface area (Å²) in [5.74, 6) is -0.0699. The molecule has 2 atom stereocenters. The second-order valence-electron chi connectivity index (χ2n) is 5.78. The minimum absolute atomic E-state index is 0.0685. The number of hydrogen-bond acceptors (Lipinski definition) is 6. The van der Waals surface area contributed by atoms with Crippen molar-refractivity contribution in [3.8, 4) is 0 Å². The molecule has 130 valence electrons. The zero-order valence-corrected chi connectivity index (χ0v) is 14.2. The molecule has 1 aromatic heterocycles. The first-order valence-electron chi connectivity index (χ1n) is 7.46. The van der Waals surface area contributed by atoms with Crippen molar-refractivity contribution >= 4 is 10.0 Å². The maximum Gasteiger partial charge on any atom is 0.243 e. The monoisotopic (exact) mass is 355 g/mol. The Labute approximate surface area is 139 Å². The van der Waals surface area contributed by atoms with Crippen LogP contribution < -0.4 is 0 Å². The Bertz CT molecular complexity index is 824. The average molecular weight is 355 g/mol. The van der Waals surface area contributed by atoms with E-state index in [0.717, 1.165) is 6.07 Å². The molecule has 2 aromatic rings. The Kier molecular flexibility index (Phi) is 4.66. The van der Waals surface area contributed by atoms with E-state index in [2.05, 4.69) is 10.1 Å². The number of hydrogen-bond donors (Lipinski definition) is 0. The summed E-state index contributed by atoms with van der Waals surface area (Å²) in [5.41, 5.74) is 0. The number of methoxy groups -OCH3 is 1. The molecule has 0 aliphatic carbocycles. The molecule has 0 unspecified atom stereocenters. The van der Waals surface area contributed by atoms with Crippen molar-refractivity contribution in [1.82, 2.24) is 14.4 Å². The van der Waals surface area contributed by atoms with E-state index in [1.54, 1.807) is 14.0 Å². The van der Waals surface area contributed by atoms with Crippen molar-refractivity contribution in [1.29, 1.82) is 0 Å². The number of aromatic nitrogens is 2. The van der Waals surface area contributed by atoms with E-state index in [9.17, 15) is 12.8 Å². The predicted octanol–water partition coefficient (Wildman–Crippen LogP) is 1.57. The topological polar surface area (TPSA) is 85.5 Å². The third-order valence-electron chi connectivity index (χ3n) is 4.08. The molecule has 0 amide bonds. The zero-order valence-electron chi connectivity index (χ0n) is 13.3. The normalized spacial score (nSPS) is 22.1. The fraction of sp³-hybridized carbons (Fsp3) is 0.467. The number of rotatable bonds is 5. The Balaban J connectivity index is 1.89. The molecule has 0 spiro atoms. The van der Waals surface area contributed by atoms with E-state index in [4.69, 9.17) is 9.26 Å². The van der Waals surface area contributed by atoms with Crippen LogP contribution in [0.25, 0.3) is 0 Å². The lowest BCUT2D eigenvalue weighted by Crippen LogP contribution is -2.29. The molecule has 1 aliphatic rings. The van der Waals surface area contributed by atoms with Crippen molar-refractivity contribution in [2.45, 2.75) is 17.7 Å². The van der Waals surface area contributed by atoms with Gasteiger partial charge in [0, 0.05) is 26.1 Å². The highest BCUT2D eigenvalue weighted by molar-refractivity contribution is 7.89. The van der Waals surface area contributed by atoms with Gasteiger partial charge in [-0.15, -0.1) is 0 Å². The van der Waals surface area contributed by atoms with Gasteiger partial charge in [0.25, 0.3) is 0 Å². The van der Waals surface area contributed by atoms with Crippen LogP contribution in [0.4, 0.5) is 4.39 Å². The maximum absolute atomic E-state index is 13.4. The number of halogens is 1. The number of ether oxygens (including phenoxy) is 1. The van der Waals surface area contributed by atoms with Crippen molar-refractivity contribution < 1.29 is 22.1 Å². The summed E-state index contributed by atoms with van der Waals surface area (Å²) >= 11 is 0. The minimum Gasteiger partial charge on any atom is -0.384 e. The second-order valence-corrected chi connectivity index (χ2v) is 7.72. The zero-order chi connectivity index (χ0) is 17.3. The van der Waals surface area contributed by atoms with Crippen LogP contribution in [0.5, 0.6) is 0 Å². The fourth-order valence-electron chi connectivity index (χ4n) is 2.93. The van der Waals surface area contributed by atoms with Gasteiger partial charge in [0.1, 0.15) is 5.82 Å². The third-order valence-corrected chi connectivity index (χ3v) is 5.91. The summed E-state index contributed by atoms with van der Waals surface area (Å²) in [6, 6.07) is 4.99. The second kappa shape index (κ2) is 6.58. The molecule has 0 N–H and O–H groups in total. The van der Waals surface area contributed by atoms with Gasteiger partial charge in [0.2, 0.25) is 15.9 Å². The standard InChI is InChI=1S/C15H18FN3O4S/c1-10-17-15(23-18-10)14-8-19(7-11(14)9-22-2)24(20,21)13-5-3-4-12(16)6-13/h3-6,11,14H,7-9H2,1-2H3/t11-,14+/m0/s1. The molecule has 1 aliphatic heterocycles. The summed E-state index contributed by atoms with van der Waals surface area (Å²) in [7, 11) is -2.24. The molecule has 0 bridgehead atoms. The van der Waals surface area contributed by atoms with Crippen LogP contribution >= 0.6 is 0 Å². The van der Waals surface area contributed by atoms with Gasteiger partial charge in [-0.2, -0.15) is 9.29 Å². The summed E-state index contributed by atoms with van der Waals surface area (Å²) in [6.45, 7) is 2.50. The predicted molar refractivity (Wildman–Crippen MR) is 82.3 cm³/mol. The number of benzene rings is 1. The van der Waals surface area contributed by atoms with Crippen molar-refractivity contribution in [3.05, 3.63) is 41.8 Å². The van der Waals surface area contributed by atoms with Crippen LogP contribution in [0, 0.1) is 18.7 Å². The molecule has 1 fully saturated rings. The van der Waals surface area contributed by atoms with Gasteiger partial charge in [-0.3, -0.25) is 0 Å². The lowest BCUT2D eigenvalue weighted by molar-refractivity contribution is 0.145. The fourth-order valence-corrected chi connectivity index (χ4v) is 4.49. The first-order valence-corrected chi connectivity index (χ1v) is 8.90. The molecule has 7 nitrogen and oxygen atoms in total. The van der Waals surface area contributed by atoms with Gasteiger partial charge in [0.15, 0.2) is 5.82 Å². The van der Waals surface area contributed by atoms with E-state index in [1.165, 1.54) is 22.5 Å². The molecule has 24 heavy (non-hydrogen) atoms. The Morgan fingerprint density at radius 1 is 1.42 bits per heavy atom. The molecule has 1 aromatic carbocycles. The number of aryl methyl sites for hydroxylation is 1. The molecule has 2 heterocycles. The summed E-state index contributed by atoms with van der Waals surface area (Å²) in [6.07, 6.45) is 0. The highest BCUT2D eigenvalue weighted by atomic mass is 32.2. The van der Waals surface area contributed by atoms with Crippen LogP contribution in [0.3, 0.4) is 0 Å². The smallest absolute Gasteiger partial charge is 0.243 e. The van der Waals surface area contributed by atoms with Gasteiger partial charge in [-0.25, -0.2) is 12.8 Å². The van der Waals surface area contributed by atoms with E-state index < -0.39 is 15.8 Å². The highest BCUT2D eigenvalue weighted by Gasteiger charge is 2.42. The Morgan fingerprint density at radius 2 is 2.21 bits per heavy atom. The summed E-state index contributed by atoms with van der Waals surface area (Å²) in [4.78, 5) is 4.15. The molecular formula is C15H18FN3O4S. The van der Waals surface area contributed by atoms with Crippen LogP contribution in [0.15, 0.2) is 33.7 Å². The van der Waals surface area contributed by atoms with Crippen LogP contribution in [0.2, 0.25) is 0 Å². The van der Waals surface area contributed by atoms with E-state index >= 15 is 0 Å². The molecule has 1 saturated heterocycles. The number of sulfonamides is 1. The first-order chi connectivity index (χ1) is 11.4. The van der Waals surface area contributed by atoms with Gasteiger partial charge >= 0.3 is 0 Å². The summed E-state index contributed by atoms with van der Waals surface area (Å²) in [5, 5.41) is 3.77. The maximum atomic E-state index is 13.4. The van der Waals surface area contributed by atoms with Gasteiger partial charge < -0.3 is 9.26 Å². The molecule has 0 saturated carbocycles. The van der Waals surface area contributed by atoms with Gasteiger partial charge in [0.05, 0.1) is 17.4 Å². The molecular weight excluding hydrogens is 337 g/mol. The quantitative estimate of drug-likeness (QED) is 0.809. The van der Waals surface area contributed by atoms with Gasteiger partial charge in [-0.1, -0.05) is 11.2 Å². The van der Waals surface area contributed by atoms with Crippen molar-refractivity contribution in [2.75, 3.05) is 26.8 Å². The van der Waals surface area contributed by atoms with Crippen LogP contribution in [-0.2, 0) is 14.8 Å². The van der Waals surface area contributed by atoms with Gasteiger partial charge in [-0.05, 0) is 25.1 Å².